The van der Waals surface area contributed by atoms with Crippen molar-refractivity contribution in [3.8, 4) is 0 Å². The highest BCUT2D eigenvalue weighted by Gasteiger charge is 2.32. The van der Waals surface area contributed by atoms with E-state index in [2.05, 4.69) is 0 Å². The Morgan fingerprint density at radius 1 is 0.970 bits per heavy atom. The maximum atomic E-state index is 14.0. The molecule has 2 aromatic carbocycles. The highest BCUT2D eigenvalue weighted by atomic mass is 32.2. The number of anilines is 1. The lowest BCUT2D eigenvalue weighted by Gasteiger charge is -2.34. The van der Waals surface area contributed by atoms with Gasteiger partial charge in [-0.15, -0.1) is 0 Å². The molecule has 1 fully saturated rings. The van der Waals surface area contributed by atoms with E-state index in [9.17, 15) is 22.0 Å². The van der Waals surface area contributed by atoms with Crippen LogP contribution in [0.15, 0.2) is 76.2 Å². The maximum absolute atomic E-state index is 14.0. The number of nitrogens with zero attached hydrogens (tertiary/aromatic N) is 3. The van der Waals surface area contributed by atoms with Crippen LogP contribution in [0.4, 0.5) is 14.5 Å². The van der Waals surface area contributed by atoms with E-state index in [0.717, 1.165) is 22.1 Å². The zero-order valence-corrected chi connectivity index (χ0v) is 18.5. The zero-order chi connectivity index (χ0) is 23.4. The molecule has 1 saturated heterocycles. The molecule has 1 aliphatic heterocycles. The second-order valence-electron chi connectivity index (χ2n) is 7.65. The first-order valence-electron chi connectivity index (χ1n) is 10.4. The van der Waals surface area contributed by atoms with Crippen LogP contribution in [0.1, 0.15) is 5.76 Å². The number of halogens is 2. The molecule has 0 atom stereocenters. The quantitative estimate of drug-likeness (QED) is 0.525. The van der Waals surface area contributed by atoms with E-state index in [-0.39, 0.29) is 32.1 Å². The first-order chi connectivity index (χ1) is 15.8. The van der Waals surface area contributed by atoms with E-state index in [1.807, 2.05) is 35.2 Å². The minimum Gasteiger partial charge on any atom is -0.467 e. The van der Waals surface area contributed by atoms with E-state index in [1.54, 1.807) is 23.3 Å². The number of benzene rings is 2. The number of furan rings is 1. The Morgan fingerprint density at radius 3 is 2.33 bits per heavy atom. The van der Waals surface area contributed by atoms with E-state index >= 15 is 0 Å². The van der Waals surface area contributed by atoms with Crippen LogP contribution in [0.5, 0.6) is 0 Å². The van der Waals surface area contributed by atoms with Gasteiger partial charge in [0.2, 0.25) is 15.9 Å². The summed E-state index contributed by atoms with van der Waals surface area (Å²) < 4.78 is 59.3. The predicted octanol–water partition coefficient (Wildman–Crippen LogP) is 3.10. The Hall–Kier alpha value is -3.08. The van der Waals surface area contributed by atoms with Gasteiger partial charge in [0.15, 0.2) is 0 Å². The molecule has 2 heterocycles. The molecular formula is C23H23F2N3O4S. The van der Waals surface area contributed by atoms with Gasteiger partial charge in [-0.25, -0.2) is 17.2 Å². The molecule has 0 saturated carbocycles. The summed E-state index contributed by atoms with van der Waals surface area (Å²) in [5, 5.41) is 0. The van der Waals surface area contributed by atoms with E-state index in [4.69, 9.17) is 4.42 Å². The van der Waals surface area contributed by atoms with Crippen molar-refractivity contribution in [1.82, 2.24) is 9.21 Å². The van der Waals surface area contributed by atoms with Crippen LogP contribution in [0, 0.1) is 11.6 Å². The third-order valence-electron chi connectivity index (χ3n) is 5.46. The monoisotopic (exact) mass is 475 g/mol. The van der Waals surface area contributed by atoms with Crippen LogP contribution in [0.3, 0.4) is 0 Å². The topological polar surface area (TPSA) is 74.1 Å². The molecule has 0 N–H and O–H groups in total. The second kappa shape index (κ2) is 9.82. The van der Waals surface area contributed by atoms with Crippen LogP contribution in [-0.4, -0.2) is 56.3 Å². The van der Waals surface area contributed by atoms with E-state index < -0.39 is 26.6 Å². The number of hydrogen-bond acceptors (Lipinski definition) is 5. The Balaban J connectivity index is 1.41. The van der Waals surface area contributed by atoms with Gasteiger partial charge in [0.1, 0.15) is 22.3 Å². The molecule has 174 valence electrons. The lowest BCUT2D eigenvalue weighted by Crippen LogP contribution is -2.51. The molecule has 0 unspecified atom stereocenters. The minimum absolute atomic E-state index is 0.0917. The molecule has 1 aromatic heterocycles. The van der Waals surface area contributed by atoms with Crippen LogP contribution >= 0.6 is 0 Å². The number of amides is 1. The van der Waals surface area contributed by atoms with Crippen molar-refractivity contribution in [3.05, 3.63) is 84.3 Å². The van der Waals surface area contributed by atoms with Crippen molar-refractivity contribution in [2.45, 2.75) is 11.4 Å². The fourth-order valence-electron chi connectivity index (χ4n) is 3.72. The molecule has 0 spiro atoms. The van der Waals surface area contributed by atoms with Crippen molar-refractivity contribution in [3.63, 3.8) is 0 Å². The van der Waals surface area contributed by atoms with Crippen molar-refractivity contribution < 1.29 is 26.4 Å². The lowest BCUT2D eigenvalue weighted by molar-refractivity contribution is -0.120. The van der Waals surface area contributed by atoms with Crippen molar-refractivity contribution in [1.29, 1.82) is 0 Å². The largest absolute Gasteiger partial charge is 0.467 e. The van der Waals surface area contributed by atoms with Gasteiger partial charge < -0.3 is 9.32 Å². The van der Waals surface area contributed by atoms with Crippen LogP contribution in [0.25, 0.3) is 0 Å². The van der Waals surface area contributed by atoms with Gasteiger partial charge in [-0.2, -0.15) is 4.31 Å². The average molecular weight is 476 g/mol. The average Bonchev–Trinajstić information content (AvgIpc) is 3.31. The van der Waals surface area contributed by atoms with Gasteiger partial charge in [-0.3, -0.25) is 9.69 Å². The summed E-state index contributed by atoms with van der Waals surface area (Å²) >= 11 is 0. The Morgan fingerprint density at radius 2 is 1.70 bits per heavy atom. The number of piperazine rings is 1. The summed E-state index contributed by atoms with van der Waals surface area (Å²) in [5.41, 5.74) is 0.729. The predicted molar refractivity (Wildman–Crippen MR) is 118 cm³/mol. The summed E-state index contributed by atoms with van der Waals surface area (Å²) in [4.78, 5) is 16.1. The van der Waals surface area contributed by atoms with Gasteiger partial charge in [0.25, 0.3) is 0 Å². The SMILES string of the molecule is O=C(CN1CCN(S(=O)(=O)c2ccc(F)cc2F)CC1)N(Cc1ccco1)c1ccccc1. The Bertz CT molecular complexity index is 1200. The molecule has 1 aliphatic rings. The molecule has 33 heavy (non-hydrogen) atoms. The maximum Gasteiger partial charge on any atom is 0.246 e. The molecule has 10 heteroatoms. The zero-order valence-electron chi connectivity index (χ0n) is 17.7. The van der Waals surface area contributed by atoms with Gasteiger partial charge in [-0.1, -0.05) is 18.2 Å². The van der Waals surface area contributed by atoms with Crippen LogP contribution < -0.4 is 4.90 Å². The van der Waals surface area contributed by atoms with Gasteiger partial charge in [0.05, 0.1) is 19.4 Å². The molecule has 0 bridgehead atoms. The number of carbonyl (C=O) groups is 1. The van der Waals surface area contributed by atoms with E-state index in [1.165, 1.54) is 0 Å². The van der Waals surface area contributed by atoms with E-state index in [0.29, 0.717) is 24.9 Å². The molecule has 3 aromatic rings. The summed E-state index contributed by atoms with van der Waals surface area (Å²) in [5.74, 6) is -1.47. The minimum atomic E-state index is -4.10. The Kier molecular flexibility index (Phi) is 6.87. The number of hydrogen-bond donors (Lipinski definition) is 0. The number of carbonyl (C=O) groups excluding carboxylic acids is 1. The molecule has 1 amide bonds. The summed E-state index contributed by atoms with van der Waals surface area (Å²) in [7, 11) is -4.10. The van der Waals surface area contributed by atoms with Crippen LogP contribution in [0.2, 0.25) is 0 Å². The fraction of sp³-hybridized carbons (Fsp3) is 0.261. The van der Waals surface area contributed by atoms with Gasteiger partial charge in [-0.05, 0) is 36.4 Å². The normalized spacial score (nSPS) is 15.5. The summed E-state index contributed by atoms with van der Waals surface area (Å²) in [6, 6.07) is 15.2. The van der Waals surface area contributed by atoms with Crippen LogP contribution in [-0.2, 0) is 21.4 Å². The summed E-state index contributed by atoms with van der Waals surface area (Å²) in [6.45, 7) is 1.16. The highest BCUT2D eigenvalue weighted by Crippen LogP contribution is 2.22. The standard InChI is InChI=1S/C23H23F2N3O4S/c24-18-8-9-22(21(25)15-18)33(30,31)27-12-10-26(11-13-27)17-23(29)28(16-20-7-4-14-32-20)19-5-2-1-3-6-19/h1-9,14-15H,10-13,16-17H2. The lowest BCUT2D eigenvalue weighted by atomic mass is 10.2. The van der Waals surface area contributed by atoms with Gasteiger partial charge >= 0.3 is 0 Å². The Labute approximate surface area is 190 Å². The third-order valence-corrected chi connectivity index (χ3v) is 7.40. The molecule has 4 rings (SSSR count). The van der Waals surface area contributed by atoms with Crippen molar-refractivity contribution >= 4 is 21.6 Å². The fourth-order valence-corrected chi connectivity index (χ4v) is 5.19. The molecule has 0 aliphatic carbocycles. The number of para-hydroxylation sites is 1. The number of rotatable bonds is 7. The van der Waals surface area contributed by atoms with Crippen molar-refractivity contribution in [2.75, 3.05) is 37.6 Å². The highest BCUT2D eigenvalue weighted by molar-refractivity contribution is 7.89. The first kappa shape index (κ1) is 23.1. The third kappa shape index (κ3) is 5.29. The molecule has 7 nitrogen and oxygen atoms in total. The van der Waals surface area contributed by atoms with Crippen molar-refractivity contribution in [2.24, 2.45) is 0 Å². The smallest absolute Gasteiger partial charge is 0.246 e. The van der Waals surface area contributed by atoms with Gasteiger partial charge in [0, 0.05) is 37.9 Å². The summed E-state index contributed by atoms with van der Waals surface area (Å²) in [6.07, 6.45) is 1.55. The molecule has 0 radical (unpaired) electrons. The molecular weight excluding hydrogens is 452 g/mol. The number of sulfonamides is 1. The second-order valence-corrected chi connectivity index (χ2v) is 9.56. The first-order valence-corrected chi connectivity index (χ1v) is 11.8.